The van der Waals surface area contributed by atoms with Gasteiger partial charge in [0.2, 0.25) is 0 Å². The summed E-state index contributed by atoms with van der Waals surface area (Å²) < 4.78 is 0. The third kappa shape index (κ3) is 3.94. The van der Waals surface area contributed by atoms with Gasteiger partial charge >= 0.3 is 0 Å². The van der Waals surface area contributed by atoms with E-state index < -0.39 is 0 Å². The second kappa shape index (κ2) is 7.25. The lowest BCUT2D eigenvalue weighted by Crippen LogP contribution is -2.25. The maximum absolute atomic E-state index is 3.69. The first-order valence-electron chi connectivity index (χ1n) is 7.57. The predicted molar refractivity (Wildman–Crippen MR) is 86.7 cm³/mol. The smallest absolute Gasteiger partial charge is 0.0346 e. The molecule has 0 aliphatic carbocycles. The monoisotopic (exact) mass is 267 g/mol. The Morgan fingerprint density at radius 1 is 0.850 bits per heavy atom. The molecule has 0 aromatic heterocycles. The summed E-state index contributed by atoms with van der Waals surface area (Å²) in [5.74, 6) is 0.575. The summed E-state index contributed by atoms with van der Waals surface area (Å²) in [6.45, 7) is 7.66. The molecule has 2 aromatic carbocycles. The van der Waals surface area contributed by atoms with E-state index in [1.165, 1.54) is 16.7 Å². The Kier molecular flexibility index (Phi) is 5.37. The van der Waals surface area contributed by atoms with Crippen LogP contribution in [-0.2, 0) is 13.0 Å². The van der Waals surface area contributed by atoms with Crippen molar-refractivity contribution < 1.29 is 0 Å². The summed E-state index contributed by atoms with van der Waals surface area (Å²) >= 11 is 0. The van der Waals surface area contributed by atoms with Crippen molar-refractivity contribution in [2.45, 2.75) is 39.8 Å². The first-order valence-corrected chi connectivity index (χ1v) is 7.57. The van der Waals surface area contributed by atoms with E-state index >= 15 is 0 Å². The van der Waals surface area contributed by atoms with E-state index in [0.29, 0.717) is 12.0 Å². The van der Waals surface area contributed by atoms with Crippen LogP contribution >= 0.6 is 0 Å². The number of hydrogen-bond donors (Lipinski definition) is 1. The Bertz CT molecular complexity index is 499. The highest BCUT2D eigenvalue weighted by atomic mass is 14.9. The maximum atomic E-state index is 3.69. The van der Waals surface area contributed by atoms with E-state index in [-0.39, 0.29) is 0 Å². The molecule has 1 N–H and O–H groups in total. The lowest BCUT2D eigenvalue weighted by molar-refractivity contribution is 0.410. The predicted octanol–water partition coefficient (Wildman–Crippen LogP) is 4.74. The maximum Gasteiger partial charge on any atom is 0.0346 e. The van der Waals surface area contributed by atoms with Crippen LogP contribution in [0, 0.1) is 5.92 Å². The fourth-order valence-corrected chi connectivity index (χ4v) is 2.52. The largest absolute Gasteiger partial charge is 0.306 e. The molecule has 0 saturated heterocycles. The average molecular weight is 267 g/mol. The summed E-state index contributed by atoms with van der Waals surface area (Å²) in [6.07, 6.45) is 1.10. The number of rotatable bonds is 6. The molecular formula is C19H25N. The Balaban J connectivity index is 2.06. The fraction of sp³-hybridized carbons (Fsp3) is 0.368. The number of aryl methyl sites for hydroxylation is 1. The molecule has 20 heavy (non-hydrogen) atoms. The molecule has 0 amide bonds. The van der Waals surface area contributed by atoms with Gasteiger partial charge in [0.15, 0.2) is 0 Å². The van der Waals surface area contributed by atoms with Crippen molar-refractivity contribution in [1.29, 1.82) is 0 Å². The van der Waals surface area contributed by atoms with Crippen molar-refractivity contribution in [2.24, 2.45) is 5.92 Å². The molecule has 1 heteroatoms. The van der Waals surface area contributed by atoms with Crippen molar-refractivity contribution in [2.75, 3.05) is 0 Å². The summed E-state index contributed by atoms with van der Waals surface area (Å²) in [6, 6.07) is 20.0. The Labute approximate surface area is 123 Å². The lowest BCUT2D eigenvalue weighted by Gasteiger charge is -2.23. The Hall–Kier alpha value is -1.60. The van der Waals surface area contributed by atoms with Crippen LogP contribution in [0.4, 0.5) is 0 Å². The third-order valence-corrected chi connectivity index (χ3v) is 3.78. The van der Waals surface area contributed by atoms with Crippen LogP contribution in [0.5, 0.6) is 0 Å². The first kappa shape index (κ1) is 14.8. The van der Waals surface area contributed by atoms with Crippen LogP contribution in [0.1, 0.15) is 43.5 Å². The van der Waals surface area contributed by atoms with Gasteiger partial charge in [-0.2, -0.15) is 0 Å². The quantitative estimate of drug-likeness (QED) is 0.797. The van der Waals surface area contributed by atoms with Crippen LogP contribution in [0.15, 0.2) is 54.6 Å². The van der Waals surface area contributed by atoms with Gasteiger partial charge < -0.3 is 5.32 Å². The average Bonchev–Trinajstić information content (AvgIpc) is 2.49. The van der Waals surface area contributed by atoms with E-state index in [1.54, 1.807) is 0 Å². The molecule has 106 valence electrons. The zero-order chi connectivity index (χ0) is 14.4. The van der Waals surface area contributed by atoms with Gasteiger partial charge in [-0.25, -0.2) is 0 Å². The molecule has 0 radical (unpaired) electrons. The molecule has 1 unspecified atom stereocenters. The minimum Gasteiger partial charge on any atom is -0.306 e. The normalized spacial score (nSPS) is 12.6. The van der Waals surface area contributed by atoms with Crippen molar-refractivity contribution in [3.63, 3.8) is 0 Å². The van der Waals surface area contributed by atoms with Crippen LogP contribution in [0.3, 0.4) is 0 Å². The molecule has 2 rings (SSSR count). The van der Waals surface area contributed by atoms with Gasteiger partial charge in [0, 0.05) is 12.6 Å². The van der Waals surface area contributed by atoms with Crippen molar-refractivity contribution in [1.82, 2.24) is 5.32 Å². The van der Waals surface area contributed by atoms with Crippen molar-refractivity contribution >= 4 is 0 Å². The van der Waals surface area contributed by atoms with Gasteiger partial charge in [0.25, 0.3) is 0 Å². The Morgan fingerprint density at radius 3 is 2.05 bits per heavy atom. The van der Waals surface area contributed by atoms with E-state index in [2.05, 4.69) is 80.7 Å². The number of hydrogen-bond acceptors (Lipinski definition) is 1. The van der Waals surface area contributed by atoms with Gasteiger partial charge in [-0.15, -0.1) is 0 Å². The van der Waals surface area contributed by atoms with E-state index in [0.717, 1.165) is 13.0 Å². The first-order chi connectivity index (χ1) is 9.70. The molecule has 0 aliphatic heterocycles. The van der Waals surface area contributed by atoms with Crippen LogP contribution in [0.25, 0.3) is 0 Å². The molecule has 0 saturated carbocycles. The standard InChI is InChI=1S/C19H25N/c1-4-16-10-12-18(13-11-16)19(15(2)3)20-14-17-8-6-5-7-9-17/h5-13,15,19-20H,4,14H2,1-3H3. The molecule has 2 aromatic rings. The Morgan fingerprint density at radius 2 is 1.50 bits per heavy atom. The van der Waals surface area contributed by atoms with Gasteiger partial charge in [0.05, 0.1) is 0 Å². The second-order valence-corrected chi connectivity index (χ2v) is 5.68. The zero-order valence-electron chi connectivity index (χ0n) is 12.8. The molecule has 1 atom stereocenters. The van der Waals surface area contributed by atoms with Crippen molar-refractivity contribution in [3.8, 4) is 0 Å². The number of benzene rings is 2. The minimum absolute atomic E-state index is 0.404. The summed E-state index contributed by atoms with van der Waals surface area (Å²) in [5, 5.41) is 3.69. The van der Waals surface area contributed by atoms with Gasteiger partial charge in [-0.1, -0.05) is 75.4 Å². The molecule has 0 fully saturated rings. The molecular weight excluding hydrogens is 242 g/mol. The minimum atomic E-state index is 0.404. The fourth-order valence-electron chi connectivity index (χ4n) is 2.52. The summed E-state index contributed by atoms with van der Waals surface area (Å²) in [7, 11) is 0. The van der Waals surface area contributed by atoms with Crippen LogP contribution in [0.2, 0.25) is 0 Å². The third-order valence-electron chi connectivity index (χ3n) is 3.78. The highest BCUT2D eigenvalue weighted by Gasteiger charge is 2.14. The number of nitrogens with one attached hydrogen (secondary N) is 1. The summed E-state index contributed by atoms with van der Waals surface area (Å²) in [4.78, 5) is 0. The molecule has 0 bridgehead atoms. The van der Waals surface area contributed by atoms with E-state index in [9.17, 15) is 0 Å². The molecule has 0 heterocycles. The van der Waals surface area contributed by atoms with Crippen LogP contribution in [-0.4, -0.2) is 0 Å². The SMILES string of the molecule is CCc1ccc(C(NCc2ccccc2)C(C)C)cc1. The zero-order valence-corrected chi connectivity index (χ0v) is 12.8. The topological polar surface area (TPSA) is 12.0 Å². The van der Waals surface area contributed by atoms with Gasteiger partial charge in [-0.3, -0.25) is 0 Å². The van der Waals surface area contributed by atoms with Gasteiger partial charge in [-0.05, 0) is 29.0 Å². The molecule has 0 aliphatic rings. The van der Waals surface area contributed by atoms with E-state index in [4.69, 9.17) is 0 Å². The highest BCUT2D eigenvalue weighted by molar-refractivity contribution is 5.25. The molecule has 1 nitrogen and oxygen atoms in total. The lowest BCUT2D eigenvalue weighted by atomic mass is 9.94. The van der Waals surface area contributed by atoms with Gasteiger partial charge in [0.1, 0.15) is 0 Å². The highest BCUT2D eigenvalue weighted by Crippen LogP contribution is 2.22. The molecule has 0 spiro atoms. The van der Waals surface area contributed by atoms with Crippen molar-refractivity contribution in [3.05, 3.63) is 71.3 Å². The van der Waals surface area contributed by atoms with E-state index in [1.807, 2.05) is 0 Å². The second-order valence-electron chi connectivity index (χ2n) is 5.68. The van der Waals surface area contributed by atoms with Crippen LogP contribution < -0.4 is 5.32 Å². The summed E-state index contributed by atoms with van der Waals surface area (Å²) in [5.41, 5.74) is 4.12.